The van der Waals surface area contributed by atoms with Crippen LogP contribution in [0, 0.1) is 34.0 Å². The first kappa shape index (κ1) is 25.9. The molecule has 0 bridgehead atoms. The van der Waals surface area contributed by atoms with E-state index < -0.39 is 0 Å². The van der Waals surface area contributed by atoms with E-state index in [9.17, 15) is 15.8 Å². The maximum atomic E-state index is 10.8. The second kappa shape index (κ2) is 10.2. The van der Waals surface area contributed by atoms with Gasteiger partial charge in [-0.15, -0.1) is 22.7 Å². The number of hydrogen-bond donors (Lipinski definition) is 0. The lowest BCUT2D eigenvalue weighted by molar-refractivity contribution is 1.43. The first-order valence-corrected chi connectivity index (χ1v) is 15.6. The third-order valence-corrected chi connectivity index (χ3v) is 10.5. The van der Waals surface area contributed by atoms with Gasteiger partial charge in [0.15, 0.2) is 0 Å². The highest BCUT2D eigenvalue weighted by Crippen LogP contribution is 2.44. The van der Waals surface area contributed by atoms with Gasteiger partial charge >= 0.3 is 0 Å². The Morgan fingerprint density at radius 2 is 0.932 bits per heavy atom. The smallest absolute Gasteiger partial charge is 0.100 e. The highest BCUT2D eigenvalue weighted by atomic mass is 32.1. The van der Waals surface area contributed by atoms with E-state index >= 15 is 0 Å². The lowest BCUT2D eigenvalue weighted by Gasteiger charge is -2.17. The summed E-state index contributed by atoms with van der Waals surface area (Å²) in [6, 6.07) is 45.7. The number of hydrogen-bond acceptors (Lipinski definition) is 5. The average Bonchev–Trinajstić information content (AvgIpc) is 3.64. The largest absolute Gasteiger partial charge is 0.192 e. The first-order valence-electron chi connectivity index (χ1n) is 14.0. The van der Waals surface area contributed by atoms with Gasteiger partial charge in [-0.25, -0.2) is 0 Å². The fourth-order valence-corrected chi connectivity index (χ4v) is 8.36. The van der Waals surface area contributed by atoms with Gasteiger partial charge in [0.25, 0.3) is 0 Å². The van der Waals surface area contributed by atoms with E-state index in [4.69, 9.17) is 0 Å². The van der Waals surface area contributed by atoms with Crippen LogP contribution in [0.15, 0.2) is 115 Å². The molecule has 0 unspecified atom stereocenters. The maximum absolute atomic E-state index is 10.8. The summed E-state index contributed by atoms with van der Waals surface area (Å²) < 4.78 is 4.74. The fraction of sp³-hybridized carbons (Fsp3) is 0. The van der Waals surface area contributed by atoms with E-state index in [1.807, 2.05) is 42.5 Å². The van der Waals surface area contributed by atoms with Gasteiger partial charge in [0.1, 0.15) is 12.1 Å². The van der Waals surface area contributed by atoms with E-state index in [1.54, 1.807) is 34.8 Å². The number of benzene rings is 6. The second-order valence-electron chi connectivity index (χ2n) is 10.6. The summed E-state index contributed by atoms with van der Waals surface area (Å²) in [4.78, 5) is 0. The van der Waals surface area contributed by atoms with Crippen molar-refractivity contribution in [1.29, 1.82) is 15.8 Å². The van der Waals surface area contributed by atoms with Crippen molar-refractivity contribution in [1.82, 2.24) is 0 Å². The summed E-state index contributed by atoms with van der Waals surface area (Å²) in [5.74, 6) is 0. The summed E-state index contributed by atoms with van der Waals surface area (Å²) >= 11 is 3.48. The molecule has 0 aliphatic carbocycles. The SMILES string of the molecule is N#Cc1cccc(-c2cc(-c3ccc4sc5ccccc5c4c3)c(C#N)c(-c3ccc4sc5ccccc5c4c3)c2C#N)c1. The molecular weight excluding hydrogens is 575 g/mol. The van der Waals surface area contributed by atoms with Gasteiger partial charge in [0.2, 0.25) is 0 Å². The molecule has 44 heavy (non-hydrogen) atoms. The van der Waals surface area contributed by atoms with Crippen LogP contribution in [0.3, 0.4) is 0 Å². The zero-order valence-electron chi connectivity index (χ0n) is 23.1. The zero-order valence-corrected chi connectivity index (χ0v) is 24.8. The topological polar surface area (TPSA) is 71.4 Å². The molecule has 0 saturated heterocycles. The Labute approximate surface area is 261 Å². The highest BCUT2D eigenvalue weighted by Gasteiger charge is 2.23. The van der Waals surface area contributed by atoms with Crippen LogP contribution >= 0.6 is 22.7 Å². The van der Waals surface area contributed by atoms with Crippen LogP contribution in [0.1, 0.15) is 16.7 Å². The van der Waals surface area contributed by atoms with E-state index in [0.29, 0.717) is 27.8 Å². The lowest BCUT2D eigenvalue weighted by atomic mass is 9.83. The number of thiophene rings is 2. The van der Waals surface area contributed by atoms with Crippen molar-refractivity contribution in [3.63, 3.8) is 0 Å². The Kier molecular flexibility index (Phi) is 6.00. The van der Waals surface area contributed by atoms with Crippen molar-refractivity contribution in [2.24, 2.45) is 0 Å². The molecule has 0 aliphatic heterocycles. The van der Waals surface area contributed by atoms with Gasteiger partial charge in [-0.1, -0.05) is 60.7 Å². The Morgan fingerprint density at radius 3 is 1.52 bits per heavy atom. The molecule has 0 atom stereocenters. The molecule has 5 heteroatoms. The Bertz CT molecular complexity index is 2600. The molecule has 6 aromatic carbocycles. The lowest BCUT2D eigenvalue weighted by Crippen LogP contribution is -1.98. The Balaban J connectivity index is 1.47. The van der Waals surface area contributed by atoms with Crippen LogP contribution in [0.4, 0.5) is 0 Å². The van der Waals surface area contributed by atoms with Crippen molar-refractivity contribution >= 4 is 63.0 Å². The summed E-state index contributed by atoms with van der Waals surface area (Å²) in [6.45, 7) is 0. The van der Waals surface area contributed by atoms with E-state index in [2.05, 4.69) is 78.9 Å². The van der Waals surface area contributed by atoms with Crippen molar-refractivity contribution in [3.05, 3.63) is 132 Å². The van der Waals surface area contributed by atoms with Crippen molar-refractivity contribution < 1.29 is 0 Å². The molecule has 0 spiro atoms. The minimum Gasteiger partial charge on any atom is -0.192 e. The maximum Gasteiger partial charge on any atom is 0.100 e. The van der Waals surface area contributed by atoms with Crippen LogP contribution in [-0.2, 0) is 0 Å². The predicted molar refractivity (Wildman–Crippen MR) is 183 cm³/mol. The predicted octanol–water partition coefficient (Wildman–Crippen LogP) is 11.0. The molecule has 0 radical (unpaired) electrons. The molecule has 2 aromatic heterocycles. The molecule has 8 aromatic rings. The molecule has 0 N–H and O–H groups in total. The summed E-state index contributed by atoms with van der Waals surface area (Å²) in [5, 5.41) is 35.7. The van der Waals surface area contributed by atoms with E-state index in [1.165, 1.54) is 19.5 Å². The minimum absolute atomic E-state index is 0.418. The summed E-state index contributed by atoms with van der Waals surface area (Å²) in [6.07, 6.45) is 0. The van der Waals surface area contributed by atoms with Crippen molar-refractivity contribution in [3.8, 4) is 51.6 Å². The van der Waals surface area contributed by atoms with Gasteiger partial charge in [-0.05, 0) is 71.3 Å². The van der Waals surface area contributed by atoms with E-state index in [0.717, 1.165) is 43.1 Å². The van der Waals surface area contributed by atoms with Gasteiger partial charge in [0.05, 0.1) is 22.8 Å². The number of nitriles is 3. The molecule has 202 valence electrons. The van der Waals surface area contributed by atoms with Crippen molar-refractivity contribution in [2.45, 2.75) is 0 Å². The van der Waals surface area contributed by atoms with Crippen LogP contribution in [0.25, 0.3) is 73.7 Å². The van der Waals surface area contributed by atoms with Gasteiger partial charge in [-0.2, -0.15) is 15.8 Å². The second-order valence-corrected chi connectivity index (χ2v) is 12.8. The van der Waals surface area contributed by atoms with Gasteiger partial charge in [-0.3, -0.25) is 0 Å². The Hall–Kier alpha value is -5.77. The normalized spacial score (nSPS) is 11.1. The van der Waals surface area contributed by atoms with Crippen LogP contribution in [-0.4, -0.2) is 0 Å². The van der Waals surface area contributed by atoms with Crippen molar-refractivity contribution in [2.75, 3.05) is 0 Å². The van der Waals surface area contributed by atoms with E-state index in [-0.39, 0.29) is 0 Å². The number of fused-ring (bicyclic) bond motifs is 6. The monoisotopic (exact) mass is 593 g/mol. The average molecular weight is 594 g/mol. The first-order chi connectivity index (χ1) is 21.7. The van der Waals surface area contributed by atoms with Crippen LogP contribution < -0.4 is 0 Å². The Morgan fingerprint density at radius 1 is 0.409 bits per heavy atom. The van der Waals surface area contributed by atoms with Crippen LogP contribution in [0.5, 0.6) is 0 Å². The summed E-state index contributed by atoms with van der Waals surface area (Å²) in [5.41, 5.74) is 5.93. The molecule has 0 fully saturated rings. The quantitative estimate of drug-likeness (QED) is 0.205. The standard InChI is InChI=1S/C39H19N3S2/c40-20-23-6-5-7-24(16-23)29-19-30(25-12-14-37-31(17-25)27-8-1-3-10-35(27)43-37)34(22-42)39(33(29)21-41)26-13-15-38-32(18-26)28-9-2-4-11-36(28)44-38/h1-19H. The number of nitrogens with zero attached hydrogens (tertiary/aromatic N) is 3. The summed E-state index contributed by atoms with van der Waals surface area (Å²) in [7, 11) is 0. The number of rotatable bonds is 3. The minimum atomic E-state index is 0.418. The molecule has 0 saturated carbocycles. The molecule has 3 nitrogen and oxygen atoms in total. The molecule has 2 heterocycles. The third kappa shape index (κ3) is 3.98. The zero-order chi connectivity index (χ0) is 29.8. The molecule has 8 rings (SSSR count). The molecular formula is C39H19N3S2. The highest BCUT2D eigenvalue weighted by molar-refractivity contribution is 7.26. The molecule has 0 aliphatic rings. The van der Waals surface area contributed by atoms with Gasteiger partial charge in [0, 0.05) is 57.0 Å². The fourth-order valence-electron chi connectivity index (χ4n) is 6.19. The third-order valence-electron chi connectivity index (χ3n) is 8.21. The van der Waals surface area contributed by atoms with Gasteiger partial charge < -0.3 is 0 Å². The molecule has 0 amide bonds. The van der Waals surface area contributed by atoms with Crippen LogP contribution in [0.2, 0.25) is 0 Å².